The second-order valence-electron chi connectivity index (χ2n) is 5.07. The number of rotatable bonds is 8. The molecule has 0 heterocycles. The molecular weight excluding hydrogens is 242 g/mol. The SMILES string of the molecule is CCCCCCC(C)NCc1ccc(O)c(O)c1O. The lowest BCUT2D eigenvalue weighted by Gasteiger charge is -2.15. The Labute approximate surface area is 115 Å². The van der Waals surface area contributed by atoms with Crippen LogP contribution in [0.3, 0.4) is 0 Å². The Morgan fingerprint density at radius 3 is 2.47 bits per heavy atom. The minimum absolute atomic E-state index is 0.245. The van der Waals surface area contributed by atoms with E-state index in [0.717, 1.165) is 6.42 Å². The molecule has 1 aromatic carbocycles. The third-order valence-electron chi connectivity index (χ3n) is 3.35. The monoisotopic (exact) mass is 267 g/mol. The predicted molar refractivity (Wildman–Crippen MR) is 76.5 cm³/mol. The number of unbranched alkanes of at least 4 members (excludes halogenated alkanes) is 3. The van der Waals surface area contributed by atoms with Crippen LogP contribution in [0.15, 0.2) is 12.1 Å². The van der Waals surface area contributed by atoms with Crippen molar-refractivity contribution < 1.29 is 15.3 Å². The Bertz CT molecular complexity index is 393. The summed E-state index contributed by atoms with van der Waals surface area (Å²) in [5.74, 6) is -0.991. The Morgan fingerprint density at radius 1 is 1.05 bits per heavy atom. The summed E-state index contributed by atoms with van der Waals surface area (Å²) in [6.07, 6.45) is 6.08. The molecule has 0 aliphatic heterocycles. The molecule has 0 spiro atoms. The van der Waals surface area contributed by atoms with Crippen LogP contribution in [0.25, 0.3) is 0 Å². The van der Waals surface area contributed by atoms with Gasteiger partial charge in [-0.15, -0.1) is 0 Å². The maximum atomic E-state index is 9.69. The molecule has 1 aromatic rings. The van der Waals surface area contributed by atoms with Crippen molar-refractivity contribution in [2.45, 2.75) is 58.5 Å². The van der Waals surface area contributed by atoms with Gasteiger partial charge in [-0.3, -0.25) is 0 Å². The van der Waals surface area contributed by atoms with Gasteiger partial charge in [0, 0.05) is 18.2 Å². The maximum Gasteiger partial charge on any atom is 0.200 e. The van der Waals surface area contributed by atoms with Gasteiger partial charge < -0.3 is 20.6 Å². The van der Waals surface area contributed by atoms with Crippen molar-refractivity contribution in [1.29, 1.82) is 0 Å². The van der Waals surface area contributed by atoms with E-state index in [2.05, 4.69) is 19.2 Å². The molecule has 4 heteroatoms. The van der Waals surface area contributed by atoms with Crippen molar-refractivity contribution in [2.75, 3.05) is 0 Å². The van der Waals surface area contributed by atoms with Gasteiger partial charge in [0.05, 0.1) is 0 Å². The third kappa shape index (κ3) is 4.99. The van der Waals surface area contributed by atoms with E-state index in [4.69, 9.17) is 0 Å². The van der Waals surface area contributed by atoms with E-state index in [-0.39, 0.29) is 11.5 Å². The van der Waals surface area contributed by atoms with Gasteiger partial charge in [-0.05, 0) is 19.4 Å². The zero-order chi connectivity index (χ0) is 14.3. The first-order valence-electron chi connectivity index (χ1n) is 7.02. The number of hydrogen-bond acceptors (Lipinski definition) is 4. The molecular formula is C15H25NO3. The highest BCUT2D eigenvalue weighted by atomic mass is 16.3. The topological polar surface area (TPSA) is 72.7 Å². The summed E-state index contributed by atoms with van der Waals surface area (Å²) in [5.41, 5.74) is 0.593. The standard InChI is InChI=1S/C15H25NO3/c1-3-4-5-6-7-11(2)16-10-12-8-9-13(17)15(19)14(12)18/h8-9,11,16-19H,3-7,10H2,1-2H3. The van der Waals surface area contributed by atoms with Crippen LogP contribution in [-0.4, -0.2) is 21.4 Å². The quantitative estimate of drug-likeness (QED) is 0.431. The van der Waals surface area contributed by atoms with Crippen LogP contribution in [0.2, 0.25) is 0 Å². The predicted octanol–water partition coefficient (Wildman–Crippen LogP) is 3.25. The molecule has 4 N–H and O–H groups in total. The minimum atomic E-state index is -0.449. The van der Waals surface area contributed by atoms with Gasteiger partial charge in [0.1, 0.15) is 0 Å². The number of phenolic OH excluding ortho intramolecular Hbond substituents is 3. The normalized spacial score (nSPS) is 12.5. The van der Waals surface area contributed by atoms with Crippen LogP contribution in [0.1, 0.15) is 51.5 Å². The summed E-state index contributed by atoms with van der Waals surface area (Å²) < 4.78 is 0. The Morgan fingerprint density at radius 2 is 1.79 bits per heavy atom. The zero-order valence-electron chi connectivity index (χ0n) is 11.8. The van der Waals surface area contributed by atoms with Crippen molar-refractivity contribution in [3.63, 3.8) is 0 Å². The first-order valence-corrected chi connectivity index (χ1v) is 7.02. The fourth-order valence-electron chi connectivity index (χ4n) is 2.02. The Hall–Kier alpha value is -1.42. The summed E-state index contributed by atoms with van der Waals surface area (Å²) in [4.78, 5) is 0. The van der Waals surface area contributed by atoms with Gasteiger partial charge in [-0.2, -0.15) is 0 Å². The lowest BCUT2D eigenvalue weighted by Crippen LogP contribution is -2.25. The molecule has 0 fully saturated rings. The summed E-state index contributed by atoms with van der Waals surface area (Å²) in [6, 6.07) is 3.37. The summed E-state index contributed by atoms with van der Waals surface area (Å²) in [6.45, 7) is 4.79. The highest BCUT2D eigenvalue weighted by Crippen LogP contribution is 2.36. The average Bonchev–Trinajstić information content (AvgIpc) is 2.40. The molecule has 1 atom stereocenters. The fraction of sp³-hybridized carbons (Fsp3) is 0.600. The van der Waals surface area contributed by atoms with Crippen LogP contribution >= 0.6 is 0 Å². The average molecular weight is 267 g/mol. The second kappa shape index (κ2) is 7.89. The molecule has 0 aliphatic rings. The van der Waals surface area contributed by atoms with Gasteiger partial charge in [0.2, 0.25) is 5.75 Å². The molecule has 1 unspecified atom stereocenters. The molecule has 0 aliphatic carbocycles. The van der Waals surface area contributed by atoms with Gasteiger partial charge in [0.25, 0.3) is 0 Å². The van der Waals surface area contributed by atoms with Crippen molar-refractivity contribution >= 4 is 0 Å². The van der Waals surface area contributed by atoms with E-state index in [1.54, 1.807) is 6.07 Å². The number of nitrogens with one attached hydrogen (secondary N) is 1. The molecule has 1 rings (SSSR count). The lowest BCUT2D eigenvalue weighted by atomic mass is 10.1. The van der Waals surface area contributed by atoms with E-state index in [0.29, 0.717) is 18.2 Å². The van der Waals surface area contributed by atoms with Crippen LogP contribution in [0, 0.1) is 0 Å². The molecule has 108 valence electrons. The van der Waals surface area contributed by atoms with E-state index < -0.39 is 5.75 Å². The number of aromatic hydroxyl groups is 3. The van der Waals surface area contributed by atoms with Crippen molar-refractivity contribution in [3.05, 3.63) is 17.7 Å². The molecule has 0 radical (unpaired) electrons. The van der Waals surface area contributed by atoms with Gasteiger partial charge in [-0.25, -0.2) is 0 Å². The van der Waals surface area contributed by atoms with Crippen molar-refractivity contribution in [3.8, 4) is 17.2 Å². The molecule has 0 bridgehead atoms. The molecule has 19 heavy (non-hydrogen) atoms. The third-order valence-corrected chi connectivity index (χ3v) is 3.35. The summed E-state index contributed by atoms with van der Waals surface area (Å²) in [5, 5.41) is 31.7. The summed E-state index contributed by atoms with van der Waals surface area (Å²) >= 11 is 0. The molecule has 0 saturated heterocycles. The highest BCUT2D eigenvalue weighted by molar-refractivity contribution is 5.52. The van der Waals surface area contributed by atoms with Crippen LogP contribution < -0.4 is 5.32 Å². The Kier molecular flexibility index (Phi) is 6.50. The fourth-order valence-corrected chi connectivity index (χ4v) is 2.02. The van der Waals surface area contributed by atoms with E-state index in [1.165, 1.54) is 31.7 Å². The smallest absolute Gasteiger partial charge is 0.200 e. The van der Waals surface area contributed by atoms with Crippen LogP contribution in [-0.2, 0) is 6.54 Å². The zero-order valence-corrected chi connectivity index (χ0v) is 11.8. The van der Waals surface area contributed by atoms with Gasteiger partial charge in [0.15, 0.2) is 11.5 Å². The molecule has 0 amide bonds. The van der Waals surface area contributed by atoms with Crippen molar-refractivity contribution in [2.24, 2.45) is 0 Å². The summed E-state index contributed by atoms with van der Waals surface area (Å²) in [7, 11) is 0. The minimum Gasteiger partial charge on any atom is -0.504 e. The highest BCUT2D eigenvalue weighted by Gasteiger charge is 2.11. The molecule has 4 nitrogen and oxygen atoms in total. The van der Waals surface area contributed by atoms with E-state index in [9.17, 15) is 15.3 Å². The lowest BCUT2D eigenvalue weighted by molar-refractivity contribution is 0.363. The van der Waals surface area contributed by atoms with Crippen LogP contribution in [0.4, 0.5) is 0 Å². The Balaban J connectivity index is 2.38. The number of benzene rings is 1. The number of hydrogen-bond donors (Lipinski definition) is 4. The first-order chi connectivity index (χ1) is 9.06. The van der Waals surface area contributed by atoms with E-state index in [1.807, 2.05) is 0 Å². The molecule has 0 saturated carbocycles. The van der Waals surface area contributed by atoms with Crippen molar-refractivity contribution in [1.82, 2.24) is 5.32 Å². The largest absolute Gasteiger partial charge is 0.504 e. The second-order valence-corrected chi connectivity index (χ2v) is 5.07. The van der Waals surface area contributed by atoms with Gasteiger partial charge >= 0.3 is 0 Å². The molecule has 0 aromatic heterocycles. The van der Waals surface area contributed by atoms with Gasteiger partial charge in [-0.1, -0.05) is 38.7 Å². The first kappa shape index (κ1) is 15.6. The van der Waals surface area contributed by atoms with E-state index >= 15 is 0 Å². The van der Waals surface area contributed by atoms with Crippen LogP contribution in [0.5, 0.6) is 17.2 Å². The number of phenols is 3. The maximum absolute atomic E-state index is 9.69.